The molecule has 7 heteroatoms. The zero-order chi connectivity index (χ0) is 13.6. The highest BCUT2D eigenvalue weighted by Crippen LogP contribution is 2.04. The molecule has 108 valence electrons. The van der Waals surface area contributed by atoms with Gasteiger partial charge in [0.05, 0.1) is 25.9 Å². The molecule has 0 heterocycles. The van der Waals surface area contributed by atoms with Gasteiger partial charge in [0.2, 0.25) is 0 Å². The highest BCUT2D eigenvalue weighted by molar-refractivity contribution is 7.99. The van der Waals surface area contributed by atoms with Crippen molar-refractivity contribution in [3.63, 3.8) is 0 Å². The first-order valence-corrected chi connectivity index (χ1v) is 8.13. The van der Waals surface area contributed by atoms with E-state index in [1.54, 1.807) is 23.5 Å². The third-order valence-corrected chi connectivity index (χ3v) is 3.77. The van der Waals surface area contributed by atoms with Crippen LogP contribution in [0.5, 0.6) is 0 Å². The Bertz CT molecular complexity index is 204. The van der Waals surface area contributed by atoms with E-state index in [1.807, 2.05) is 0 Å². The molecule has 0 amide bonds. The van der Waals surface area contributed by atoms with Crippen LogP contribution in [0.4, 0.5) is 0 Å². The fourth-order valence-corrected chi connectivity index (χ4v) is 2.33. The van der Waals surface area contributed by atoms with Crippen molar-refractivity contribution in [3.8, 4) is 0 Å². The third kappa shape index (κ3) is 14.1. The average Bonchev–Trinajstić information content (AvgIpc) is 2.34. The maximum atomic E-state index is 10.5. The summed E-state index contributed by atoms with van der Waals surface area (Å²) in [7, 11) is 0. The quantitative estimate of drug-likeness (QED) is 0.398. The van der Waals surface area contributed by atoms with Crippen molar-refractivity contribution < 1.29 is 24.5 Å². The first-order chi connectivity index (χ1) is 8.66. The van der Waals surface area contributed by atoms with Gasteiger partial charge in [-0.3, -0.25) is 4.79 Å². The van der Waals surface area contributed by atoms with Crippen molar-refractivity contribution in [2.75, 3.05) is 49.4 Å². The molecule has 0 radical (unpaired) electrons. The van der Waals surface area contributed by atoms with E-state index in [9.17, 15) is 9.90 Å². The first-order valence-electron chi connectivity index (χ1n) is 5.82. The van der Waals surface area contributed by atoms with E-state index in [0.29, 0.717) is 19.0 Å². The van der Waals surface area contributed by atoms with E-state index in [2.05, 4.69) is 4.74 Å². The molecule has 18 heavy (non-hydrogen) atoms. The zero-order valence-corrected chi connectivity index (χ0v) is 12.3. The molecule has 0 bridgehead atoms. The summed E-state index contributed by atoms with van der Waals surface area (Å²) in [6.45, 7) is 2.91. The summed E-state index contributed by atoms with van der Waals surface area (Å²) in [5, 5.41) is 18.0. The van der Waals surface area contributed by atoms with Gasteiger partial charge in [-0.05, 0) is 0 Å². The van der Waals surface area contributed by atoms with Crippen LogP contribution in [0.15, 0.2) is 0 Å². The van der Waals surface area contributed by atoms with Gasteiger partial charge in [0.25, 0.3) is 0 Å². The Hall–Kier alpha value is 0.0500. The molecule has 1 unspecified atom stereocenters. The molecule has 2 N–H and O–H groups in total. The van der Waals surface area contributed by atoms with E-state index in [-0.39, 0.29) is 19.2 Å². The van der Waals surface area contributed by atoms with Crippen LogP contribution in [0.25, 0.3) is 0 Å². The predicted molar refractivity (Wildman–Crippen MR) is 75.2 cm³/mol. The van der Waals surface area contributed by atoms with Gasteiger partial charge in [-0.2, -0.15) is 23.5 Å². The lowest BCUT2D eigenvalue weighted by atomic mass is 10.4. The first kappa shape index (κ1) is 18.0. The normalized spacial score (nSPS) is 12.4. The van der Waals surface area contributed by atoms with Crippen LogP contribution >= 0.6 is 23.5 Å². The molecular formula is C11H22O5S2. The maximum absolute atomic E-state index is 10.5. The van der Waals surface area contributed by atoms with Crippen molar-refractivity contribution in [3.05, 3.63) is 0 Å². The summed E-state index contributed by atoms with van der Waals surface area (Å²) in [6.07, 6.45) is -0.612. The van der Waals surface area contributed by atoms with Gasteiger partial charge in [0.1, 0.15) is 6.61 Å². The van der Waals surface area contributed by atoms with Gasteiger partial charge < -0.3 is 19.7 Å². The lowest BCUT2D eigenvalue weighted by Gasteiger charge is -2.10. The largest absolute Gasteiger partial charge is 0.463 e. The standard InChI is InChI=1S/C11H22O5S2/c1-10(13)16-8-11(14)9-18-7-4-15-3-6-17-5-2-12/h11-12,14H,2-9H2,1H3. The van der Waals surface area contributed by atoms with Gasteiger partial charge in [-0.1, -0.05) is 0 Å². The van der Waals surface area contributed by atoms with E-state index >= 15 is 0 Å². The summed E-state index contributed by atoms with van der Waals surface area (Å²) < 4.78 is 10.1. The van der Waals surface area contributed by atoms with Crippen molar-refractivity contribution in [2.45, 2.75) is 13.0 Å². The number of hydrogen-bond acceptors (Lipinski definition) is 7. The summed E-state index contributed by atoms with van der Waals surface area (Å²) in [4.78, 5) is 10.5. The molecule has 0 fully saturated rings. The second kappa shape index (κ2) is 13.5. The number of ether oxygens (including phenoxy) is 2. The van der Waals surface area contributed by atoms with Gasteiger partial charge in [0.15, 0.2) is 0 Å². The minimum Gasteiger partial charge on any atom is -0.463 e. The number of carbonyl (C=O) groups excluding carboxylic acids is 1. The molecule has 0 saturated heterocycles. The van der Waals surface area contributed by atoms with Crippen molar-refractivity contribution in [1.29, 1.82) is 0 Å². The van der Waals surface area contributed by atoms with Gasteiger partial charge in [0, 0.05) is 29.9 Å². The van der Waals surface area contributed by atoms with Crippen LogP contribution in [0.3, 0.4) is 0 Å². The van der Waals surface area contributed by atoms with E-state index < -0.39 is 6.10 Å². The van der Waals surface area contributed by atoms with Crippen LogP contribution in [0.1, 0.15) is 6.92 Å². The number of thioether (sulfide) groups is 2. The molecule has 0 aromatic rings. The fraction of sp³-hybridized carbons (Fsp3) is 0.909. The van der Waals surface area contributed by atoms with Gasteiger partial charge in [-0.15, -0.1) is 0 Å². The number of aliphatic hydroxyl groups excluding tert-OH is 2. The molecule has 0 aliphatic rings. The molecule has 5 nitrogen and oxygen atoms in total. The summed E-state index contributed by atoms with van der Waals surface area (Å²) in [5.41, 5.74) is 0. The van der Waals surface area contributed by atoms with E-state index in [4.69, 9.17) is 9.84 Å². The molecule has 1 atom stereocenters. The molecular weight excluding hydrogens is 276 g/mol. The van der Waals surface area contributed by atoms with Crippen molar-refractivity contribution in [2.24, 2.45) is 0 Å². The lowest BCUT2D eigenvalue weighted by Crippen LogP contribution is -2.20. The number of rotatable bonds is 12. The highest BCUT2D eigenvalue weighted by atomic mass is 32.2. The number of carbonyl (C=O) groups is 1. The molecule has 0 spiro atoms. The Kier molecular flexibility index (Phi) is 13.5. The second-order valence-electron chi connectivity index (χ2n) is 3.48. The Morgan fingerprint density at radius 3 is 2.50 bits per heavy atom. The number of aliphatic hydroxyl groups is 2. The van der Waals surface area contributed by atoms with Crippen LogP contribution in [-0.4, -0.2) is 71.7 Å². The van der Waals surface area contributed by atoms with Crippen LogP contribution in [-0.2, 0) is 14.3 Å². The third-order valence-electron chi connectivity index (χ3n) is 1.77. The molecule has 0 aromatic carbocycles. The minimum atomic E-state index is -0.612. The summed E-state index contributed by atoms with van der Waals surface area (Å²) >= 11 is 3.23. The molecule has 0 rings (SSSR count). The number of esters is 1. The average molecular weight is 298 g/mol. The molecule has 0 aromatic heterocycles. The second-order valence-corrected chi connectivity index (χ2v) is 5.85. The highest BCUT2D eigenvalue weighted by Gasteiger charge is 2.05. The van der Waals surface area contributed by atoms with Crippen molar-refractivity contribution >= 4 is 29.5 Å². The van der Waals surface area contributed by atoms with E-state index in [0.717, 1.165) is 17.3 Å². The Labute approximate surface area is 117 Å². The fourth-order valence-electron chi connectivity index (χ4n) is 0.985. The SMILES string of the molecule is CC(=O)OCC(O)CSCCOCCSCCO. The monoisotopic (exact) mass is 298 g/mol. The van der Waals surface area contributed by atoms with Crippen molar-refractivity contribution in [1.82, 2.24) is 0 Å². The predicted octanol–water partition coefficient (Wildman–Crippen LogP) is 0.386. The lowest BCUT2D eigenvalue weighted by molar-refractivity contribution is -0.143. The van der Waals surface area contributed by atoms with Crippen LogP contribution in [0.2, 0.25) is 0 Å². The Morgan fingerprint density at radius 2 is 1.89 bits per heavy atom. The molecule has 0 aliphatic heterocycles. The molecule has 0 saturated carbocycles. The Balaban J connectivity index is 3.12. The van der Waals surface area contributed by atoms with Crippen LogP contribution in [0, 0.1) is 0 Å². The van der Waals surface area contributed by atoms with Gasteiger partial charge in [-0.25, -0.2) is 0 Å². The minimum absolute atomic E-state index is 0.0565. The van der Waals surface area contributed by atoms with Gasteiger partial charge >= 0.3 is 5.97 Å². The molecule has 0 aliphatic carbocycles. The topological polar surface area (TPSA) is 76.0 Å². The Morgan fingerprint density at radius 1 is 1.22 bits per heavy atom. The van der Waals surface area contributed by atoms with Crippen LogP contribution < -0.4 is 0 Å². The summed E-state index contributed by atoms with van der Waals surface area (Å²) in [6, 6.07) is 0. The number of hydrogen-bond donors (Lipinski definition) is 2. The zero-order valence-electron chi connectivity index (χ0n) is 10.7. The summed E-state index contributed by atoms with van der Waals surface area (Å²) in [5.74, 6) is 2.61. The maximum Gasteiger partial charge on any atom is 0.302 e. The smallest absolute Gasteiger partial charge is 0.302 e. The van der Waals surface area contributed by atoms with E-state index in [1.165, 1.54) is 6.92 Å².